The molecule has 1 aromatic carbocycles. The van der Waals surface area contributed by atoms with E-state index >= 15 is 0 Å². The van der Waals surface area contributed by atoms with E-state index in [0.717, 1.165) is 24.3 Å². The maximum Gasteiger partial charge on any atom is 0.280 e. The Labute approximate surface area is 145 Å². The Morgan fingerprint density at radius 2 is 1.71 bits per heavy atom. The predicted molar refractivity (Wildman–Crippen MR) is 96.1 cm³/mol. The molecule has 1 aliphatic rings. The number of amides is 2. The molecular weight excluding hydrogens is 302 g/mol. The molecule has 1 fully saturated rings. The second kappa shape index (κ2) is 8.83. The number of likely N-dealkylation sites (N-methyl/N-ethyl adjacent to an activating group) is 1. The zero-order valence-corrected chi connectivity index (χ0v) is 15.1. The Morgan fingerprint density at radius 1 is 1.12 bits per heavy atom. The summed E-state index contributed by atoms with van der Waals surface area (Å²) in [5.74, 6) is -0.112. The van der Waals surface area contributed by atoms with Gasteiger partial charge in [0.15, 0.2) is 6.04 Å². The first-order chi connectivity index (χ1) is 11.5. The summed E-state index contributed by atoms with van der Waals surface area (Å²) >= 11 is 0. The van der Waals surface area contributed by atoms with Gasteiger partial charge < -0.3 is 15.1 Å². The van der Waals surface area contributed by atoms with Gasteiger partial charge in [0, 0.05) is 12.7 Å². The number of hydrogen-bond donors (Lipinski definition) is 2. The molecule has 0 spiro atoms. The maximum atomic E-state index is 12.6. The summed E-state index contributed by atoms with van der Waals surface area (Å²) in [5, 5.41) is 2.84. The lowest BCUT2D eigenvalue weighted by atomic mass is 10.2. The van der Waals surface area contributed by atoms with Crippen LogP contribution in [0.2, 0.25) is 0 Å². The average Bonchev–Trinajstić information content (AvgIpc) is 2.84. The zero-order chi connectivity index (χ0) is 17.5. The molecule has 1 aromatic rings. The lowest BCUT2D eigenvalue weighted by molar-refractivity contribution is -0.913. The molecule has 1 heterocycles. The second-order valence-electron chi connectivity index (χ2n) is 6.90. The normalized spacial score (nSPS) is 17.0. The predicted octanol–water partition coefficient (Wildman–Crippen LogP) is 1.24. The van der Waals surface area contributed by atoms with E-state index in [-0.39, 0.29) is 24.4 Å². The van der Waals surface area contributed by atoms with E-state index in [9.17, 15) is 9.59 Å². The van der Waals surface area contributed by atoms with Crippen molar-refractivity contribution in [3.63, 3.8) is 0 Å². The van der Waals surface area contributed by atoms with E-state index in [2.05, 4.69) is 5.32 Å². The van der Waals surface area contributed by atoms with Crippen molar-refractivity contribution in [2.45, 2.75) is 45.6 Å². The molecule has 0 aromatic heterocycles. The number of likely N-dealkylation sites (tertiary alicyclic amines) is 1. The molecule has 0 bridgehead atoms. The topological polar surface area (TPSA) is 53.9 Å². The highest BCUT2D eigenvalue weighted by Crippen LogP contribution is 2.08. The molecule has 0 aliphatic carbocycles. The van der Waals surface area contributed by atoms with Gasteiger partial charge in [-0.25, -0.2) is 0 Å². The van der Waals surface area contributed by atoms with Crippen LogP contribution in [0.3, 0.4) is 0 Å². The minimum atomic E-state index is -0.159. The molecule has 1 saturated heterocycles. The molecule has 5 heteroatoms. The molecule has 132 valence electrons. The number of nitrogens with one attached hydrogen (secondary N) is 2. The third-order valence-electron chi connectivity index (χ3n) is 4.82. The van der Waals surface area contributed by atoms with E-state index in [0.29, 0.717) is 0 Å². The van der Waals surface area contributed by atoms with Crippen molar-refractivity contribution in [2.24, 2.45) is 0 Å². The van der Waals surface area contributed by atoms with Crippen LogP contribution in [0.25, 0.3) is 0 Å². The summed E-state index contributed by atoms with van der Waals surface area (Å²) in [7, 11) is 1.71. The van der Waals surface area contributed by atoms with Crippen LogP contribution in [0.5, 0.6) is 0 Å². The summed E-state index contributed by atoms with van der Waals surface area (Å²) in [6.07, 6.45) is 4.90. The summed E-state index contributed by atoms with van der Waals surface area (Å²) in [6.45, 7) is 6.18. The Kier molecular flexibility index (Phi) is 6.79. The number of aryl methyl sites for hydroxylation is 1. The van der Waals surface area contributed by atoms with Gasteiger partial charge in [-0.1, -0.05) is 17.7 Å². The van der Waals surface area contributed by atoms with Gasteiger partial charge in [-0.2, -0.15) is 0 Å². The first kappa shape index (κ1) is 18.5. The van der Waals surface area contributed by atoms with Crippen LogP contribution in [0.15, 0.2) is 24.3 Å². The van der Waals surface area contributed by atoms with Crippen molar-refractivity contribution >= 4 is 17.5 Å². The Bertz CT molecular complexity index is 548. The van der Waals surface area contributed by atoms with Crippen molar-refractivity contribution in [1.29, 1.82) is 0 Å². The number of anilines is 1. The maximum absolute atomic E-state index is 12.6. The highest BCUT2D eigenvalue weighted by Gasteiger charge is 2.28. The average molecular weight is 332 g/mol. The molecule has 24 heavy (non-hydrogen) atoms. The minimum Gasteiger partial charge on any atom is -0.331 e. The molecule has 0 unspecified atom stereocenters. The van der Waals surface area contributed by atoms with E-state index in [1.165, 1.54) is 30.6 Å². The van der Waals surface area contributed by atoms with Crippen LogP contribution in [0, 0.1) is 6.92 Å². The smallest absolute Gasteiger partial charge is 0.280 e. The van der Waals surface area contributed by atoms with E-state index < -0.39 is 0 Å². The van der Waals surface area contributed by atoms with Crippen LogP contribution in [0.4, 0.5) is 5.69 Å². The Balaban J connectivity index is 1.85. The molecule has 2 amide bonds. The molecule has 1 aliphatic heterocycles. The quantitative estimate of drug-likeness (QED) is 0.852. The number of carbonyl (C=O) groups is 2. The van der Waals surface area contributed by atoms with Crippen molar-refractivity contribution in [2.75, 3.05) is 32.0 Å². The Morgan fingerprint density at radius 3 is 2.29 bits per heavy atom. The number of carbonyl (C=O) groups excluding carboxylic acids is 2. The van der Waals surface area contributed by atoms with Gasteiger partial charge >= 0.3 is 0 Å². The summed E-state index contributed by atoms with van der Waals surface area (Å²) in [5.41, 5.74) is 1.91. The van der Waals surface area contributed by atoms with Gasteiger partial charge in [-0.3, -0.25) is 9.59 Å². The largest absolute Gasteiger partial charge is 0.331 e. The number of nitrogens with zero attached hydrogens (tertiary/aromatic N) is 1. The standard InChI is InChI=1S/C19H29N3O2/c1-15-8-10-17(11-9-15)20-18(23)14-21(3)19(24)16(2)22-12-6-4-5-7-13-22/h8-11,16H,4-7,12-14H2,1-3H3,(H,20,23)/p+1/t16-/m1/s1. The summed E-state index contributed by atoms with van der Waals surface area (Å²) in [4.78, 5) is 27.7. The molecule has 0 radical (unpaired) electrons. The fraction of sp³-hybridized carbons (Fsp3) is 0.579. The molecule has 2 rings (SSSR count). The van der Waals surface area contributed by atoms with E-state index in [4.69, 9.17) is 0 Å². The number of rotatable bonds is 5. The highest BCUT2D eigenvalue weighted by atomic mass is 16.2. The Hall–Kier alpha value is -1.88. The monoisotopic (exact) mass is 332 g/mol. The van der Waals surface area contributed by atoms with Gasteiger partial charge in [-0.15, -0.1) is 0 Å². The SMILES string of the molecule is Cc1ccc(NC(=O)CN(C)C(=O)[C@@H](C)[NH+]2CCCCCC2)cc1. The molecule has 0 saturated carbocycles. The van der Waals surface area contributed by atoms with Crippen LogP contribution in [-0.2, 0) is 9.59 Å². The van der Waals surface area contributed by atoms with E-state index in [1.807, 2.05) is 38.1 Å². The van der Waals surface area contributed by atoms with E-state index in [1.54, 1.807) is 11.9 Å². The fourth-order valence-electron chi connectivity index (χ4n) is 3.25. The van der Waals surface area contributed by atoms with Crippen molar-refractivity contribution < 1.29 is 14.5 Å². The van der Waals surface area contributed by atoms with Gasteiger partial charge in [0.25, 0.3) is 5.91 Å². The van der Waals surface area contributed by atoms with Gasteiger partial charge in [0.05, 0.1) is 19.6 Å². The van der Waals surface area contributed by atoms with Crippen LogP contribution >= 0.6 is 0 Å². The fourth-order valence-corrected chi connectivity index (χ4v) is 3.25. The van der Waals surface area contributed by atoms with Gasteiger partial charge in [-0.05, 0) is 51.7 Å². The lowest BCUT2D eigenvalue weighted by Crippen LogP contribution is -3.16. The highest BCUT2D eigenvalue weighted by molar-refractivity contribution is 5.94. The third-order valence-corrected chi connectivity index (χ3v) is 4.82. The number of hydrogen-bond acceptors (Lipinski definition) is 2. The van der Waals surface area contributed by atoms with Crippen LogP contribution in [-0.4, -0.2) is 49.4 Å². The van der Waals surface area contributed by atoms with Crippen LogP contribution < -0.4 is 10.2 Å². The zero-order valence-electron chi connectivity index (χ0n) is 15.1. The van der Waals surface area contributed by atoms with Gasteiger partial charge in [0.1, 0.15) is 0 Å². The molecule has 2 N–H and O–H groups in total. The number of quaternary nitrogens is 1. The van der Waals surface area contributed by atoms with Gasteiger partial charge in [0.2, 0.25) is 5.91 Å². The number of benzene rings is 1. The third kappa shape index (κ3) is 5.34. The minimum absolute atomic E-state index is 0.0472. The molecule has 5 nitrogen and oxygen atoms in total. The summed E-state index contributed by atoms with van der Waals surface area (Å²) in [6, 6.07) is 7.57. The molecular formula is C19H30N3O2+. The lowest BCUT2D eigenvalue weighted by Gasteiger charge is -2.27. The van der Waals surface area contributed by atoms with Crippen molar-refractivity contribution in [3.8, 4) is 0 Å². The molecule has 1 atom stereocenters. The van der Waals surface area contributed by atoms with Crippen molar-refractivity contribution in [1.82, 2.24) is 4.90 Å². The second-order valence-corrected chi connectivity index (χ2v) is 6.90. The summed E-state index contributed by atoms with van der Waals surface area (Å²) < 4.78 is 0. The van der Waals surface area contributed by atoms with Crippen LogP contribution in [0.1, 0.15) is 38.2 Å². The first-order valence-electron chi connectivity index (χ1n) is 8.93. The first-order valence-corrected chi connectivity index (χ1v) is 8.93. The van der Waals surface area contributed by atoms with Crippen molar-refractivity contribution in [3.05, 3.63) is 29.8 Å².